The van der Waals surface area contributed by atoms with Crippen LogP contribution in [0, 0.1) is 5.92 Å². The highest BCUT2D eigenvalue weighted by molar-refractivity contribution is 6.42. The van der Waals surface area contributed by atoms with Crippen LogP contribution in [0.4, 0.5) is 0 Å². The maximum Gasteiger partial charge on any atom is 0.222 e. The number of halogens is 3. The molecule has 2 N–H and O–H groups in total. The molecule has 4 nitrogen and oxygen atoms in total. The number of ether oxygens (including phenoxy) is 1. The van der Waals surface area contributed by atoms with E-state index in [1.165, 1.54) is 0 Å². The number of nitrogens with zero attached hydrogens (tertiary/aromatic N) is 1. The summed E-state index contributed by atoms with van der Waals surface area (Å²) >= 11 is 11.9. The van der Waals surface area contributed by atoms with Crippen molar-refractivity contribution in [3.8, 4) is 5.75 Å². The normalized spacial score (nSPS) is 17.2. The van der Waals surface area contributed by atoms with Crippen LogP contribution in [0.25, 0.3) is 0 Å². The van der Waals surface area contributed by atoms with Crippen molar-refractivity contribution in [2.75, 3.05) is 26.2 Å². The van der Waals surface area contributed by atoms with Gasteiger partial charge in [-0.05, 0) is 37.4 Å². The lowest BCUT2D eigenvalue weighted by Crippen LogP contribution is -2.29. The number of carbonyl (C=O) groups excluding carboxylic acids is 1. The summed E-state index contributed by atoms with van der Waals surface area (Å²) in [6.07, 6.45) is 2.15. The second kappa shape index (κ2) is 9.46. The van der Waals surface area contributed by atoms with Gasteiger partial charge in [0.05, 0.1) is 11.6 Å². The predicted octanol–water partition coefficient (Wildman–Crippen LogP) is 3.38. The first-order valence-corrected chi connectivity index (χ1v) is 7.92. The summed E-state index contributed by atoms with van der Waals surface area (Å²) in [6, 6.07) is 5.26. The molecule has 2 rings (SSSR count). The zero-order valence-electron chi connectivity index (χ0n) is 12.3. The molecule has 0 aromatic heterocycles. The van der Waals surface area contributed by atoms with Crippen molar-refractivity contribution in [3.05, 3.63) is 28.2 Å². The first-order valence-electron chi connectivity index (χ1n) is 7.16. The smallest absolute Gasteiger partial charge is 0.222 e. The summed E-state index contributed by atoms with van der Waals surface area (Å²) in [5.74, 6) is 1.18. The third-order valence-corrected chi connectivity index (χ3v) is 4.48. The van der Waals surface area contributed by atoms with Gasteiger partial charge in [0.1, 0.15) is 10.8 Å². The summed E-state index contributed by atoms with van der Waals surface area (Å²) < 4.78 is 5.57. The average Bonchev–Trinajstić information content (AvgIpc) is 2.96. The summed E-state index contributed by atoms with van der Waals surface area (Å²) in [5, 5.41) is 0.881. The Morgan fingerprint density at radius 1 is 1.41 bits per heavy atom. The Hall–Kier alpha value is -0.680. The predicted molar refractivity (Wildman–Crippen MR) is 92.2 cm³/mol. The molecule has 1 saturated heterocycles. The van der Waals surface area contributed by atoms with Gasteiger partial charge in [0.2, 0.25) is 5.91 Å². The third-order valence-electron chi connectivity index (χ3n) is 3.68. The number of hydrogen-bond acceptors (Lipinski definition) is 3. The van der Waals surface area contributed by atoms with Crippen molar-refractivity contribution in [1.82, 2.24) is 4.90 Å². The van der Waals surface area contributed by atoms with Crippen LogP contribution in [0.5, 0.6) is 5.75 Å². The highest BCUT2D eigenvalue weighted by Gasteiger charge is 2.24. The van der Waals surface area contributed by atoms with Crippen molar-refractivity contribution in [2.45, 2.75) is 19.3 Å². The number of benzene rings is 1. The molecule has 1 aromatic carbocycles. The van der Waals surface area contributed by atoms with Crippen LogP contribution < -0.4 is 10.5 Å². The fourth-order valence-corrected chi connectivity index (χ4v) is 2.76. The van der Waals surface area contributed by atoms with E-state index in [1.807, 2.05) is 4.90 Å². The van der Waals surface area contributed by atoms with E-state index in [2.05, 4.69) is 0 Å². The second-order valence-electron chi connectivity index (χ2n) is 5.23. The topological polar surface area (TPSA) is 55.6 Å². The molecule has 1 heterocycles. The molecule has 1 aromatic rings. The van der Waals surface area contributed by atoms with Gasteiger partial charge >= 0.3 is 0 Å². The molecule has 0 radical (unpaired) electrons. The molecule has 1 aliphatic rings. The van der Waals surface area contributed by atoms with Gasteiger partial charge in [0, 0.05) is 19.5 Å². The monoisotopic (exact) mass is 366 g/mol. The van der Waals surface area contributed by atoms with Gasteiger partial charge in [-0.15, -0.1) is 12.4 Å². The molecule has 124 valence electrons. The van der Waals surface area contributed by atoms with E-state index in [0.29, 0.717) is 47.7 Å². The van der Waals surface area contributed by atoms with Crippen LogP contribution in [-0.2, 0) is 4.79 Å². The molecule has 1 unspecified atom stereocenters. The number of carbonyl (C=O) groups is 1. The zero-order valence-corrected chi connectivity index (χ0v) is 14.6. The van der Waals surface area contributed by atoms with Gasteiger partial charge < -0.3 is 15.4 Å². The minimum atomic E-state index is 0. The van der Waals surface area contributed by atoms with Crippen LogP contribution in [0.15, 0.2) is 18.2 Å². The molecule has 0 aliphatic carbocycles. The minimum absolute atomic E-state index is 0. The van der Waals surface area contributed by atoms with E-state index in [4.69, 9.17) is 33.7 Å². The molecule has 1 amide bonds. The van der Waals surface area contributed by atoms with Gasteiger partial charge in [0.15, 0.2) is 0 Å². The minimum Gasteiger partial charge on any atom is -0.492 e. The Bertz CT molecular complexity index is 500. The van der Waals surface area contributed by atoms with E-state index < -0.39 is 0 Å². The first kappa shape index (κ1) is 19.4. The largest absolute Gasteiger partial charge is 0.492 e. The lowest BCUT2D eigenvalue weighted by molar-refractivity contribution is -0.130. The number of rotatable bonds is 6. The quantitative estimate of drug-likeness (QED) is 0.784. The molecule has 0 spiro atoms. The Morgan fingerprint density at radius 3 is 2.86 bits per heavy atom. The summed E-state index contributed by atoms with van der Waals surface area (Å²) in [4.78, 5) is 13.9. The van der Waals surface area contributed by atoms with E-state index in [1.54, 1.807) is 18.2 Å². The maximum atomic E-state index is 12.0. The summed E-state index contributed by atoms with van der Waals surface area (Å²) in [6.45, 7) is 2.71. The SMILES string of the molecule is Cl.NCC1CCN(C(=O)CCCOc2cccc(Cl)c2Cl)C1. The number of amides is 1. The van der Waals surface area contributed by atoms with Gasteiger partial charge in [-0.1, -0.05) is 29.3 Å². The lowest BCUT2D eigenvalue weighted by Gasteiger charge is -2.16. The van der Waals surface area contributed by atoms with Crippen molar-refractivity contribution in [3.63, 3.8) is 0 Å². The fourth-order valence-electron chi connectivity index (χ4n) is 2.41. The van der Waals surface area contributed by atoms with E-state index >= 15 is 0 Å². The second-order valence-corrected chi connectivity index (χ2v) is 6.02. The van der Waals surface area contributed by atoms with Crippen LogP contribution in [-0.4, -0.2) is 37.0 Å². The zero-order chi connectivity index (χ0) is 15.2. The molecular weight excluding hydrogens is 347 g/mol. The number of nitrogens with two attached hydrogens (primary N) is 1. The van der Waals surface area contributed by atoms with Crippen molar-refractivity contribution < 1.29 is 9.53 Å². The Morgan fingerprint density at radius 2 is 2.18 bits per heavy atom. The molecule has 0 saturated carbocycles. The molecule has 1 fully saturated rings. The van der Waals surface area contributed by atoms with Gasteiger partial charge in [-0.3, -0.25) is 4.79 Å². The van der Waals surface area contributed by atoms with Crippen LogP contribution >= 0.6 is 35.6 Å². The van der Waals surface area contributed by atoms with Crippen LogP contribution in [0.2, 0.25) is 10.0 Å². The van der Waals surface area contributed by atoms with E-state index in [0.717, 1.165) is 19.5 Å². The van der Waals surface area contributed by atoms with E-state index in [9.17, 15) is 4.79 Å². The summed E-state index contributed by atoms with van der Waals surface area (Å²) in [7, 11) is 0. The third kappa shape index (κ3) is 5.20. The van der Waals surface area contributed by atoms with Gasteiger partial charge in [-0.2, -0.15) is 0 Å². The number of likely N-dealkylation sites (tertiary alicyclic amines) is 1. The van der Waals surface area contributed by atoms with Crippen LogP contribution in [0.1, 0.15) is 19.3 Å². The maximum absolute atomic E-state index is 12.0. The molecule has 1 atom stereocenters. The van der Waals surface area contributed by atoms with Gasteiger partial charge in [0.25, 0.3) is 0 Å². The highest BCUT2D eigenvalue weighted by atomic mass is 35.5. The first-order chi connectivity index (χ1) is 10.1. The van der Waals surface area contributed by atoms with Crippen molar-refractivity contribution in [2.24, 2.45) is 11.7 Å². The molecule has 0 bridgehead atoms. The Balaban J connectivity index is 0.00000242. The molecular formula is C15H21Cl3N2O2. The number of hydrogen-bond donors (Lipinski definition) is 1. The fraction of sp³-hybridized carbons (Fsp3) is 0.533. The van der Waals surface area contributed by atoms with Crippen molar-refractivity contribution >= 4 is 41.5 Å². The molecule has 1 aliphatic heterocycles. The van der Waals surface area contributed by atoms with Crippen LogP contribution in [0.3, 0.4) is 0 Å². The Labute approximate surface area is 147 Å². The van der Waals surface area contributed by atoms with Gasteiger partial charge in [-0.25, -0.2) is 0 Å². The average molecular weight is 368 g/mol. The van der Waals surface area contributed by atoms with Crippen molar-refractivity contribution in [1.29, 1.82) is 0 Å². The standard InChI is InChI=1S/C15H20Cl2N2O2.ClH/c16-12-3-1-4-13(15(12)17)21-8-2-5-14(20)19-7-6-11(9-18)10-19;/h1,3-4,11H,2,5-10,18H2;1H. The highest BCUT2D eigenvalue weighted by Crippen LogP contribution is 2.31. The lowest BCUT2D eigenvalue weighted by atomic mass is 10.1. The van der Waals surface area contributed by atoms with E-state index in [-0.39, 0.29) is 18.3 Å². The summed E-state index contributed by atoms with van der Waals surface area (Å²) in [5.41, 5.74) is 5.63. The Kier molecular flexibility index (Phi) is 8.33. The molecule has 7 heteroatoms. The molecule has 22 heavy (non-hydrogen) atoms.